The summed E-state index contributed by atoms with van der Waals surface area (Å²) >= 11 is 0. The molecule has 0 aromatic heterocycles. The lowest BCUT2D eigenvalue weighted by atomic mass is 9.98. The fourth-order valence-electron chi connectivity index (χ4n) is 1.18. The molecule has 1 nitrogen and oxygen atoms in total. The molecule has 66 valence electrons. The molecule has 0 bridgehead atoms. The van der Waals surface area contributed by atoms with Crippen LogP contribution in [0.4, 0.5) is 17.6 Å². The Labute approximate surface area is 61.8 Å². The number of hydrogen-bond acceptors (Lipinski definition) is 1. The molecule has 0 spiro atoms. The number of hydrogen-bond donors (Lipinski definition) is 1. The van der Waals surface area contributed by atoms with Crippen molar-refractivity contribution in [2.75, 3.05) is 6.54 Å². The summed E-state index contributed by atoms with van der Waals surface area (Å²) < 4.78 is 48.2. The van der Waals surface area contributed by atoms with Crippen LogP contribution in [0.5, 0.6) is 0 Å². The number of nitrogens with one attached hydrogen (secondary N) is 1. The molecule has 0 aromatic rings. The predicted octanol–water partition coefficient (Wildman–Crippen LogP) is 1.84. The van der Waals surface area contributed by atoms with Crippen LogP contribution in [0.2, 0.25) is 0 Å². The van der Waals surface area contributed by atoms with Crippen LogP contribution in [0.1, 0.15) is 12.8 Å². The van der Waals surface area contributed by atoms with Crippen LogP contribution in [-0.2, 0) is 0 Å². The minimum absolute atomic E-state index is 0.0995. The number of rotatable bonds is 0. The van der Waals surface area contributed by atoms with E-state index in [0.29, 0.717) is 13.0 Å². The van der Waals surface area contributed by atoms with Gasteiger partial charge in [-0.2, -0.15) is 13.2 Å². The van der Waals surface area contributed by atoms with Gasteiger partial charge in [-0.25, -0.2) is 4.39 Å². The maximum Gasteiger partial charge on any atom is 0.395 e. The fraction of sp³-hybridized carbons (Fsp3) is 1.00. The van der Waals surface area contributed by atoms with Crippen LogP contribution in [-0.4, -0.2) is 19.0 Å². The molecule has 1 N–H and O–H groups in total. The van der Waals surface area contributed by atoms with E-state index in [2.05, 4.69) is 5.32 Å². The SMILES string of the molecule is FC1NCCCC1C(F)(F)F. The molecular weight excluding hydrogens is 162 g/mol. The van der Waals surface area contributed by atoms with Crippen LogP contribution < -0.4 is 5.32 Å². The highest BCUT2D eigenvalue weighted by atomic mass is 19.4. The van der Waals surface area contributed by atoms with Gasteiger partial charge in [-0.3, -0.25) is 5.32 Å². The van der Waals surface area contributed by atoms with Gasteiger partial charge in [0.1, 0.15) is 0 Å². The third-order valence-electron chi connectivity index (χ3n) is 1.80. The van der Waals surface area contributed by atoms with Gasteiger partial charge in [-0.15, -0.1) is 0 Å². The second kappa shape index (κ2) is 2.97. The molecule has 0 aliphatic carbocycles. The Morgan fingerprint density at radius 1 is 1.27 bits per heavy atom. The highest BCUT2D eigenvalue weighted by molar-refractivity contribution is 4.78. The maximum atomic E-state index is 12.5. The smallest absolute Gasteiger partial charge is 0.287 e. The Morgan fingerprint density at radius 3 is 2.27 bits per heavy atom. The summed E-state index contributed by atoms with van der Waals surface area (Å²) in [6.07, 6.45) is -6.02. The summed E-state index contributed by atoms with van der Waals surface area (Å²) in [6.45, 7) is 0.341. The zero-order chi connectivity index (χ0) is 8.48. The van der Waals surface area contributed by atoms with Crippen molar-refractivity contribution in [1.82, 2.24) is 5.32 Å². The maximum absolute atomic E-state index is 12.5. The molecule has 1 aliphatic heterocycles. The van der Waals surface area contributed by atoms with Gasteiger partial charge in [0.25, 0.3) is 0 Å². The first kappa shape index (κ1) is 8.77. The van der Waals surface area contributed by atoms with Crippen molar-refractivity contribution in [1.29, 1.82) is 0 Å². The monoisotopic (exact) mass is 171 g/mol. The number of alkyl halides is 4. The topological polar surface area (TPSA) is 12.0 Å². The Bertz CT molecular complexity index is 133. The van der Waals surface area contributed by atoms with Gasteiger partial charge < -0.3 is 0 Å². The van der Waals surface area contributed by atoms with Gasteiger partial charge in [0.15, 0.2) is 6.30 Å². The van der Waals surface area contributed by atoms with Gasteiger partial charge in [0, 0.05) is 0 Å². The fourth-order valence-corrected chi connectivity index (χ4v) is 1.18. The second-order valence-corrected chi connectivity index (χ2v) is 2.65. The molecule has 1 fully saturated rings. The van der Waals surface area contributed by atoms with E-state index in [4.69, 9.17) is 0 Å². The van der Waals surface area contributed by atoms with E-state index < -0.39 is 18.4 Å². The molecule has 0 amide bonds. The van der Waals surface area contributed by atoms with Crippen molar-refractivity contribution in [3.05, 3.63) is 0 Å². The van der Waals surface area contributed by atoms with Crippen molar-refractivity contribution in [2.45, 2.75) is 25.3 Å². The molecule has 5 heteroatoms. The molecule has 0 aromatic carbocycles. The molecule has 0 saturated carbocycles. The zero-order valence-electron chi connectivity index (χ0n) is 5.79. The molecular formula is C6H9F4N. The molecule has 1 heterocycles. The predicted molar refractivity (Wildman–Crippen MR) is 31.7 cm³/mol. The molecule has 1 rings (SSSR count). The second-order valence-electron chi connectivity index (χ2n) is 2.65. The van der Waals surface area contributed by atoms with Crippen LogP contribution in [0.15, 0.2) is 0 Å². The molecule has 1 saturated heterocycles. The zero-order valence-corrected chi connectivity index (χ0v) is 5.79. The van der Waals surface area contributed by atoms with E-state index in [9.17, 15) is 17.6 Å². The summed E-state index contributed by atoms with van der Waals surface area (Å²) in [4.78, 5) is 0. The quantitative estimate of drug-likeness (QED) is 0.433. The largest absolute Gasteiger partial charge is 0.395 e. The standard InChI is InChI=1S/C6H9F4N/c7-5-4(6(8,9)10)2-1-3-11-5/h4-5,11H,1-3H2. The van der Waals surface area contributed by atoms with E-state index in [0.717, 1.165) is 0 Å². The first-order chi connectivity index (χ1) is 5.02. The molecule has 0 radical (unpaired) electrons. The number of halogens is 4. The van der Waals surface area contributed by atoms with Gasteiger partial charge in [-0.1, -0.05) is 0 Å². The van der Waals surface area contributed by atoms with E-state index in [1.807, 2.05) is 0 Å². The first-order valence-corrected chi connectivity index (χ1v) is 3.46. The lowest BCUT2D eigenvalue weighted by molar-refractivity contribution is -0.200. The third kappa shape index (κ3) is 2.05. The molecule has 2 atom stereocenters. The van der Waals surface area contributed by atoms with Gasteiger partial charge in [0.05, 0.1) is 5.92 Å². The summed E-state index contributed by atoms with van der Waals surface area (Å²) in [5.41, 5.74) is 0. The number of piperidine rings is 1. The van der Waals surface area contributed by atoms with Crippen molar-refractivity contribution in [3.8, 4) is 0 Å². The molecule has 1 aliphatic rings. The van der Waals surface area contributed by atoms with Gasteiger partial charge >= 0.3 is 6.18 Å². The lowest BCUT2D eigenvalue weighted by Crippen LogP contribution is -2.44. The van der Waals surface area contributed by atoms with Crippen LogP contribution >= 0.6 is 0 Å². The summed E-state index contributed by atoms with van der Waals surface area (Å²) in [6, 6.07) is 0. The average Bonchev–Trinajstić information content (AvgIpc) is 1.86. The Hall–Kier alpha value is -0.320. The van der Waals surface area contributed by atoms with E-state index >= 15 is 0 Å². The lowest BCUT2D eigenvalue weighted by Gasteiger charge is -2.28. The summed E-state index contributed by atoms with van der Waals surface area (Å²) in [5, 5.41) is 2.15. The van der Waals surface area contributed by atoms with E-state index in [1.165, 1.54) is 0 Å². The minimum Gasteiger partial charge on any atom is -0.287 e. The Kier molecular flexibility index (Phi) is 2.37. The third-order valence-corrected chi connectivity index (χ3v) is 1.80. The Balaban J connectivity index is 2.55. The highest BCUT2D eigenvalue weighted by Crippen LogP contribution is 2.34. The van der Waals surface area contributed by atoms with Crippen LogP contribution in [0.3, 0.4) is 0 Å². The Morgan fingerprint density at radius 2 is 1.91 bits per heavy atom. The van der Waals surface area contributed by atoms with E-state index in [-0.39, 0.29) is 6.42 Å². The van der Waals surface area contributed by atoms with Crippen LogP contribution in [0, 0.1) is 5.92 Å². The minimum atomic E-state index is -4.40. The first-order valence-electron chi connectivity index (χ1n) is 3.46. The molecule has 11 heavy (non-hydrogen) atoms. The van der Waals surface area contributed by atoms with Crippen molar-refractivity contribution >= 4 is 0 Å². The van der Waals surface area contributed by atoms with Gasteiger partial charge in [-0.05, 0) is 19.4 Å². The average molecular weight is 171 g/mol. The van der Waals surface area contributed by atoms with Gasteiger partial charge in [0.2, 0.25) is 0 Å². The summed E-state index contributed by atoms with van der Waals surface area (Å²) in [7, 11) is 0. The normalized spacial score (nSPS) is 33.8. The van der Waals surface area contributed by atoms with Crippen molar-refractivity contribution in [3.63, 3.8) is 0 Å². The van der Waals surface area contributed by atoms with Crippen molar-refractivity contribution in [2.24, 2.45) is 5.92 Å². The molecule has 2 unspecified atom stereocenters. The van der Waals surface area contributed by atoms with E-state index in [1.54, 1.807) is 0 Å². The highest BCUT2D eigenvalue weighted by Gasteiger charge is 2.45. The summed E-state index contributed by atoms with van der Waals surface area (Å²) in [5.74, 6) is -1.81. The van der Waals surface area contributed by atoms with Crippen LogP contribution in [0.25, 0.3) is 0 Å². The van der Waals surface area contributed by atoms with Crippen molar-refractivity contribution < 1.29 is 17.6 Å².